The van der Waals surface area contributed by atoms with Gasteiger partial charge in [0.1, 0.15) is 11.2 Å². The van der Waals surface area contributed by atoms with Crippen molar-refractivity contribution in [1.82, 2.24) is 0 Å². The number of anilines is 4. The molecule has 0 fully saturated rings. The number of furan rings is 1. The topological polar surface area (TPSA) is 31.7 Å². The smallest absolute Gasteiger partial charge is 0.183 e. The molecule has 0 bridgehead atoms. The Balaban J connectivity index is 1.45. The molecule has 0 aliphatic carbocycles. The van der Waals surface area contributed by atoms with Crippen molar-refractivity contribution in [1.29, 1.82) is 0 Å². The number of hydrogen-bond donors (Lipinski definition) is 1. The zero-order chi connectivity index (χ0) is 19.8. The van der Waals surface area contributed by atoms with Crippen LogP contribution >= 0.6 is 0 Å². The van der Waals surface area contributed by atoms with E-state index in [9.17, 15) is 0 Å². The fraction of sp³-hybridized carbons (Fsp3) is 0.0769. The molecule has 0 radical (unpaired) electrons. The van der Waals surface area contributed by atoms with Gasteiger partial charge in [0.15, 0.2) is 6.29 Å². The SMILES string of the molecule is CN1c2ccc(-c3cccc4c3oc3ccccc34)cc2N2c3ccccc3NC12. The van der Waals surface area contributed by atoms with E-state index < -0.39 is 0 Å². The number of nitrogens with one attached hydrogen (secondary N) is 1. The van der Waals surface area contributed by atoms with Gasteiger partial charge in [0.05, 0.1) is 22.7 Å². The molecule has 30 heavy (non-hydrogen) atoms. The third-order valence-corrected chi connectivity index (χ3v) is 6.39. The van der Waals surface area contributed by atoms with E-state index in [1.165, 1.54) is 22.7 Å². The summed E-state index contributed by atoms with van der Waals surface area (Å²) in [5.74, 6) is 0. The largest absolute Gasteiger partial charge is 0.455 e. The summed E-state index contributed by atoms with van der Waals surface area (Å²) in [5.41, 5.74) is 8.99. The summed E-state index contributed by atoms with van der Waals surface area (Å²) in [7, 11) is 2.14. The molecule has 0 saturated heterocycles. The maximum atomic E-state index is 6.28. The van der Waals surface area contributed by atoms with Gasteiger partial charge in [-0.1, -0.05) is 54.6 Å². The van der Waals surface area contributed by atoms with Crippen molar-refractivity contribution < 1.29 is 4.42 Å². The first-order chi connectivity index (χ1) is 14.8. The van der Waals surface area contributed by atoms with Gasteiger partial charge in [-0.25, -0.2) is 0 Å². The lowest BCUT2D eigenvalue weighted by molar-refractivity contribution is 0.670. The Morgan fingerprint density at radius 3 is 2.57 bits per heavy atom. The Labute approximate surface area is 173 Å². The molecule has 5 aromatic rings. The van der Waals surface area contributed by atoms with Crippen LogP contribution in [0.2, 0.25) is 0 Å². The van der Waals surface area contributed by atoms with Crippen molar-refractivity contribution in [3.8, 4) is 11.1 Å². The average molecular weight is 389 g/mol. The lowest BCUT2D eigenvalue weighted by Gasteiger charge is -2.23. The summed E-state index contributed by atoms with van der Waals surface area (Å²) in [4.78, 5) is 4.67. The van der Waals surface area contributed by atoms with E-state index in [1.54, 1.807) is 0 Å². The summed E-state index contributed by atoms with van der Waals surface area (Å²) in [6.07, 6.45) is 0.106. The van der Waals surface area contributed by atoms with Crippen LogP contribution in [-0.2, 0) is 0 Å². The van der Waals surface area contributed by atoms with Gasteiger partial charge in [0, 0.05) is 23.4 Å². The zero-order valence-electron chi connectivity index (χ0n) is 16.5. The molecule has 0 saturated carbocycles. The fourth-order valence-corrected chi connectivity index (χ4v) is 4.96. The van der Waals surface area contributed by atoms with Crippen LogP contribution in [0.25, 0.3) is 33.1 Å². The quantitative estimate of drug-likeness (QED) is 0.352. The molecule has 1 aromatic heterocycles. The summed E-state index contributed by atoms with van der Waals surface area (Å²) in [5, 5.41) is 5.95. The molecule has 4 nitrogen and oxygen atoms in total. The minimum Gasteiger partial charge on any atom is -0.455 e. The Morgan fingerprint density at radius 2 is 1.60 bits per heavy atom. The highest BCUT2D eigenvalue weighted by Crippen LogP contribution is 2.51. The summed E-state index contributed by atoms with van der Waals surface area (Å²) >= 11 is 0. The van der Waals surface area contributed by atoms with Crippen molar-refractivity contribution in [2.45, 2.75) is 6.29 Å². The second kappa shape index (κ2) is 5.57. The average Bonchev–Trinajstić information content (AvgIpc) is 3.44. The van der Waals surface area contributed by atoms with Gasteiger partial charge in [-0.2, -0.15) is 0 Å². The van der Waals surface area contributed by atoms with Gasteiger partial charge in [0.2, 0.25) is 0 Å². The van der Waals surface area contributed by atoms with E-state index in [4.69, 9.17) is 4.42 Å². The summed E-state index contributed by atoms with van der Waals surface area (Å²) in [6.45, 7) is 0. The van der Waals surface area contributed by atoms with E-state index in [0.717, 1.165) is 33.1 Å². The van der Waals surface area contributed by atoms with E-state index >= 15 is 0 Å². The predicted octanol–water partition coefficient (Wildman–Crippen LogP) is 6.55. The Bertz CT molecular complexity index is 1470. The van der Waals surface area contributed by atoms with E-state index in [0.29, 0.717) is 0 Å². The molecule has 2 aliphatic heterocycles. The molecule has 1 unspecified atom stereocenters. The number of benzene rings is 4. The van der Waals surface area contributed by atoms with Crippen LogP contribution in [0.4, 0.5) is 22.7 Å². The molecule has 1 atom stereocenters. The Hall–Kier alpha value is -3.92. The molecule has 144 valence electrons. The molecule has 0 amide bonds. The molecule has 3 heterocycles. The van der Waals surface area contributed by atoms with Crippen LogP contribution in [0.5, 0.6) is 0 Å². The van der Waals surface area contributed by atoms with Crippen molar-refractivity contribution >= 4 is 44.7 Å². The standard InChI is InChI=1S/C26H19N3O/c1-28-22-14-13-16(15-23(22)29-21-11-4-3-10-20(21)27-26(28)29)17-8-6-9-19-18-7-2-5-12-24(18)30-25(17)19/h2-15,26-27H,1H3. The van der Waals surface area contributed by atoms with Crippen molar-refractivity contribution in [2.75, 3.05) is 22.2 Å². The number of para-hydroxylation sites is 4. The lowest BCUT2D eigenvalue weighted by atomic mass is 10.0. The summed E-state index contributed by atoms with van der Waals surface area (Å²) in [6, 6.07) is 29.9. The number of fused-ring (bicyclic) bond motifs is 8. The Morgan fingerprint density at radius 1 is 0.767 bits per heavy atom. The van der Waals surface area contributed by atoms with Crippen LogP contribution < -0.4 is 15.1 Å². The minimum absolute atomic E-state index is 0.106. The highest BCUT2D eigenvalue weighted by Gasteiger charge is 2.40. The monoisotopic (exact) mass is 389 g/mol. The van der Waals surface area contributed by atoms with E-state index in [2.05, 4.69) is 95.0 Å². The second-order valence-corrected chi connectivity index (χ2v) is 8.00. The van der Waals surface area contributed by atoms with Gasteiger partial charge in [0.25, 0.3) is 0 Å². The molecule has 4 heteroatoms. The van der Waals surface area contributed by atoms with Crippen LogP contribution in [0, 0.1) is 0 Å². The van der Waals surface area contributed by atoms with Gasteiger partial charge in [-0.05, 0) is 35.9 Å². The maximum absolute atomic E-state index is 6.28. The van der Waals surface area contributed by atoms with Gasteiger partial charge >= 0.3 is 0 Å². The van der Waals surface area contributed by atoms with Crippen LogP contribution in [-0.4, -0.2) is 13.3 Å². The van der Waals surface area contributed by atoms with Gasteiger partial charge in [-0.3, -0.25) is 4.90 Å². The zero-order valence-corrected chi connectivity index (χ0v) is 16.5. The van der Waals surface area contributed by atoms with Gasteiger partial charge in [-0.15, -0.1) is 0 Å². The van der Waals surface area contributed by atoms with E-state index in [-0.39, 0.29) is 6.29 Å². The number of rotatable bonds is 1. The van der Waals surface area contributed by atoms with Crippen molar-refractivity contribution in [3.63, 3.8) is 0 Å². The van der Waals surface area contributed by atoms with E-state index in [1.807, 2.05) is 12.1 Å². The second-order valence-electron chi connectivity index (χ2n) is 8.00. The first-order valence-electron chi connectivity index (χ1n) is 10.2. The molecule has 0 spiro atoms. The minimum atomic E-state index is 0.106. The van der Waals surface area contributed by atoms with Crippen LogP contribution in [0.1, 0.15) is 0 Å². The Kier molecular flexibility index (Phi) is 2.96. The molecule has 7 rings (SSSR count). The third kappa shape index (κ3) is 1.95. The predicted molar refractivity (Wildman–Crippen MR) is 124 cm³/mol. The normalized spacial score (nSPS) is 16.6. The van der Waals surface area contributed by atoms with Crippen molar-refractivity contribution in [2.24, 2.45) is 0 Å². The maximum Gasteiger partial charge on any atom is 0.183 e. The van der Waals surface area contributed by atoms with Crippen LogP contribution in [0.3, 0.4) is 0 Å². The highest BCUT2D eigenvalue weighted by atomic mass is 16.3. The van der Waals surface area contributed by atoms with Crippen LogP contribution in [0.15, 0.2) is 89.3 Å². The summed E-state index contributed by atoms with van der Waals surface area (Å²) < 4.78 is 6.28. The fourth-order valence-electron chi connectivity index (χ4n) is 4.96. The highest BCUT2D eigenvalue weighted by molar-refractivity contribution is 6.10. The molecule has 1 N–H and O–H groups in total. The first-order valence-corrected chi connectivity index (χ1v) is 10.2. The van der Waals surface area contributed by atoms with Crippen molar-refractivity contribution in [3.05, 3.63) is 84.9 Å². The molecular formula is C26H19N3O. The molecule has 2 aliphatic rings. The molecule has 4 aromatic carbocycles. The molecular weight excluding hydrogens is 370 g/mol. The van der Waals surface area contributed by atoms with Gasteiger partial charge < -0.3 is 14.6 Å². The number of hydrogen-bond acceptors (Lipinski definition) is 4. The number of nitrogens with zero attached hydrogens (tertiary/aromatic N) is 2. The third-order valence-electron chi connectivity index (χ3n) is 6.39. The lowest BCUT2D eigenvalue weighted by Crippen LogP contribution is -2.40. The first kappa shape index (κ1) is 15.9.